The van der Waals surface area contributed by atoms with Crippen molar-refractivity contribution in [3.8, 4) is 5.75 Å². The summed E-state index contributed by atoms with van der Waals surface area (Å²) in [5.41, 5.74) is 2.69. The number of hydrogen-bond donors (Lipinski definition) is 1. The first-order valence-corrected chi connectivity index (χ1v) is 9.86. The lowest BCUT2D eigenvalue weighted by Crippen LogP contribution is -2.41. The Morgan fingerprint density at radius 2 is 2.16 bits per heavy atom. The van der Waals surface area contributed by atoms with Gasteiger partial charge in [0.15, 0.2) is 23.1 Å². The van der Waals surface area contributed by atoms with Crippen LogP contribution in [0.25, 0.3) is 0 Å². The molecule has 0 bridgehead atoms. The van der Waals surface area contributed by atoms with Gasteiger partial charge in [0.2, 0.25) is 0 Å². The van der Waals surface area contributed by atoms with Crippen LogP contribution in [0.15, 0.2) is 59.6 Å². The monoisotopic (exact) mass is 437 g/mol. The van der Waals surface area contributed by atoms with Crippen molar-refractivity contribution in [3.63, 3.8) is 0 Å². The molecular weight excluding hydrogens is 420 g/mol. The van der Waals surface area contributed by atoms with E-state index in [4.69, 9.17) is 9.26 Å². The molecule has 4 aromatic rings. The molecule has 4 heterocycles. The Morgan fingerprint density at radius 3 is 2.97 bits per heavy atom. The second-order valence-electron chi connectivity index (χ2n) is 7.25. The first kappa shape index (κ1) is 19.9. The molecule has 0 spiro atoms. The normalized spacial score (nSPS) is 15.4. The second-order valence-corrected chi connectivity index (χ2v) is 7.25. The Balaban J connectivity index is 1.35. The van der Waals surface area contributed by atoms with Crippen LogP contribution in [0.2, 0.25) is 0 Å². The summed E-state index contributed by atoms with van der Waals surface area (Å²) in [6, 6.07) is 7.97. The number of H-pyrrole nitrogens is 1. The number of imidazole rings is 1. The minimum Gasteiger partial charge on any atom is -0.485 e. The zero-order chi connectivity index (χ0) is 22.1. The summed E-state index contributed by atoms with van der Waals surface area (Å²) < 4.78 is 37.0. The number of carbonyl (C=O) groups excluding carboxylic acids is 1. The van der Waals surface area contributed by atoms with Gasteiger partial charge in [0.25, 0.3) is 5.91 Å². The van der Waals surface area contributed by atoms with Gasteiger partial charge in [0.05, 0.1) is 12.0 Å². The van der Waals surface area contributed by atoms with Crippen LogP contribution < -0.4 is 4.74 Å². The quantitative estimate of drug-likeness (QED) is 0.514. The van der Waals surface area contributed by atoms with Gasteiger partial charge in [-0.3, -0.25) is 9.78 Å². The van der Waals surface area contributed by atoms with Gasteiger partial charge >= 0.3 is 0 Å². The fraction of sp³-hybridized carbons (Fsp3) is 0.182. The van der Waals surface area contributed by atoms with Crippen molar-refractivity contribution in [2.24, 2.45) is 0 Å². The van der Waals surface area contributed by atoms with Gasteiger partial charge in [0, 0.05) is 43.2 Å². The Hall–Kier alpha value is -4.08. The zero-order valence-corrected chi connectivity index (χ0v) is 16.7. The number of aromatic amines is 1. The predicted octanol–water partition coefficient (Wildman–Crippen LogP) is 3.44. The average molecular weight is 437 g/mol. The molecule has 32 heavy (non-hydrogen) atoms. The van der Waals surface area contributed by atoms with Gasteiger partial charge in [-0.25, -0.2) is 13.8 Å². The highest BCUT2D eigenvalue weighted by molar-refractivity contribution is 5.93. The SMILES string of the molecule is O=C(c1cc(COc2ccc(F)c(F)c2)on1)N1CCc2[nH]cnc2[C@H]1c1cccnc1. The third-order valence-corrected chi connectivity index (χ3v) is 5.24. The molecule has 0 saturated carbocycles. The summed E-state index contributed by atoms with van der Waals surface area (Å²) in [5.74, 6) is -1.90. The number of nitrogens with zero attached hydrogens (tertiary/aromatic N) is 4. The number of pyridine rings is 1. The predicted molar refractivity (Wildman–Crippen MR) is 107 cm³/mol. The summed E-state index contributed by atoms with van der Waals surface area (Å²) in [7, 11) is 0. The van der Waals surface area contributed by atoms with E-state index in [1.165, 1.54) is 12.1 Å². The van der Waals surface area contributed by atoms with Crippen LogP contribution in [0.5, 0.6) is 5.75 Å². The van der Waals surface area contributed by atoms with Crippen molar-refractivity contribution >= 4 is 5.91 Å². The standard InChI is InChI=1S/C22H17F2N5O3/c23-16-4-3-14(8-17(16)24)31-11-15-9-19(28-32-15)22(30)29-7-5-18-20(27-12-26-18)21(29)13-2-1-6-25-10-13/h1-4,6,8-10,12,21H,5,7,11H2,(H,26,27)/t21-/m1/s1. The molecule has 10 heteroatoms. The van der Waals surface area contributed by atoms with Crippen LogP contribution in [0.3, 0.4) is 0 Å². The maximum atomic E-state index is 13.3. The highest BCUT2D eigenvalue weighted by Crippen LogP contribution is 2.34. The van der Waals surface area contributed by atoms with Crippen LogP contribution in [-0.2, 0) is 13.0 Å². The highest BCUT2D eigenvalue weighted by atomic mass is 19.2. The minimum atomic E-state index is -1.01. The van der Waals surface area contributed by atoms with Crippen molar-refractivity contribution in [2.75, 3.05) is 6.54 Å². The van der Waals surface area contributed by atoms with E-state index in [-0.39, 0.29) is 29.7 Å². The first-order chi connectivity index (χ1) is 15.6. The van der Waals surface area contributed by atoms with Gasteiger partial charge in [-0.05, 0) is 23.8 Å². The van der Waals surface area contributed by atoms with E-state index < -0.39 is 17.7 Å². The minimum absolute atomic E-state index is 0.0963. The first-order valence-electron chi connectivity index (χ1n) is 9.86. The molecule has 0 fully saturated rings. The number of carbonyl (C=O) groups is 1. The Kier molecular flexibility index (Phi) is 5.10. The topological polar surface area (TPSA) is 97.1 Å². The van der Waals surface area contributed by atoms with E-state index in [9.17, 15) is 13.6 Å². The van der Waals surface area contributed by atoms with Gasteiger partial charge < -0.3 is 19.1 Å². The number of halogens is 2. The summed E-state index contributed by atoms with van der Waals surface area (Å²) >= 11 is 0. The Morgan fingerprint density at radius 1 is 1.25 bits per heavy atom. The number of benzene rings is 1. The number of amides is 1. The zero-order valence-electron chi connectivity index (χ0n) is 16.7. The second kappa shape index (κ2) is 8.22. The van der Waals surface area contributed by atoms with Crippen molar-refractivity contribution in [1.29, 1.82) is 0 Å². The van der Waals surface area contributed by atoms with Crippen LogP contribution in [0, 0.1) is 11.6 Å². The van der Waals surface area contributed by atoms with Crippen molar-refractivity contribution in [2.45, 2.75) is 19.1 Å². The molecule has 1 amide bonds. The molecule has 0 saturated heterocycles. The van der Waals surface area contributed by atoms with E-state index in [0.29, 0.717) is 13.0 Å². The number of fused-ring (bicyclic) bond motifs is 1. The number of nitrogens with one attached hydrogen (secondary N) is 1. The lowest BCUT2D eigenvalue weighted by atomic mass is 9.96. The molecule has 0 unspecified atom stereocenters. The van der Waals surface area contributed by atoms with Crippen LogP contribution in [0.1, 0.15) is 39.2 Å². The van der Waals surface area contributed by atoms with E-state index in [0.717, 1.165) is 29.1 Å². The number of ether oxygens (including phenoxy) is 1. The molecule has 3 aromatic heterocycles. The molecule has 0 radical (unpaired) electrons. The largest absolute Gasteiger partial charge is 0.485 e. The van der Waals surface area contributed by atoms with Crippen LogP contribution >= 0.6 is 0 Å². The molecule has 0 aliphatic carbocycles. The molecule has 8 nitrogen and oxygen atoms in total. The van der Waals surface area contributed by atoms with Crippen molar-refractivity contribution in [1.82, 2.24) is 25.0 Å². The maximum Gasteiger partial charge on any atom is 0.276 e. The smallest absolute Gasteiger partial charge is 0.276 e. The lowest BCUT2D eigenvalue weighted by molar-refractivity contribution is 0.0679. The molecule has 5 rings (SSSR count). The molecule has 1 atom stereocenters. The molecule has 1 aliphatic rings. The fourth-order valence-electron chi connectivity index (χ4n) is 3.72. The molecule has 1 N–H and O–H groups in total. The van der Waals surface area contributed by atoms with Gasteiger partial charge in [-0.2, -0.15) is 0 Å². The number of rotatable bonds is 5. The Bertz CT molecular complexity index is 1260. The van der Waals surface area contributed by atoms with E-state index in [2.05, 4.69) is 20.1 Å². The van der Waals surface area contributed by atoms with E-state index in [1.807, 2.05) is 12.1 Å². The summed E-state index contributed by atoms with van der Waals surface area (Å²) in [5, 5.41) is 3.88. The third kappa shape index (κ3) is 3.70. The molecule has 1 aromatic carbocycles. The average Bonchev–Trinajstić information content (AvgIpc) is 3.49. The van der Waals surface area contributed by atoms with Gasteiger partial charge in [0.1, 0.15) is 18.4 Å². The van der Waals surface area contributed by atoms with E-state index >= 15 is 0 Å². The lowest BCUT2D eigenvalue weighted by Gasteiger charge is -2.34. The summed E-state index contributed by atoms with van der Waals surface area (Å²) in [4.78, 5) is 26.7. The molecule has 1 aliphatic heterocycles. The van der Waals surface area contributed by atoms with Crippen LogP contribution in [-0.4, -0.2) is 37.5 Å². The Labute approximate surface area is 180 Å². The van der Waals surface area contributed by atoms with Crippen molar-refractivity contribution < 1.29 is 22.8 Å². The third-order valence-electron chi connectivity index (χ3n) is 5.24. The maximum absolute atomic E-state index is 13.3. The molecule has 162 valence electrons. The summed E-state index contributed by atoms with van der Waals surface area (Å²) in [6.07, 6.45) is 5.62. The van der Waals surface area contributed by atoms with Gasteiger partial charge in [-0.1, -0.05) is 11.2 Å². The fourth-order valence-corrected chi connectivity index (χ4v) is 3.72. The highest BCUT2D eigenvalue weighted by Gasteiger charge is 2.35. The number of aromatic nitrogens is 4. The van der Waals surface area contributed by atoms with Gasteiger partial charge in [-0.15, -0.1) is 0 Å². The molecular formula is C22H17F2N5O3. The number of hydrogen-bond acceptors (Lipinski definition) is 6. The van der Waals surface area contributed by atoms with Crippen molar-refractivity contribution in [3.05, 3.63) is 95.2 Å². The van der Waals surface area contributed by atoms with Crippen LogP contribution in [0.4, 0.5) is 8.78 Å². The summed E-state index contributed by atoms with van der Waals surface area (Å²) in [6.45, 7) is 0.363. The van der Waals surface area contributed by atoms with E-state index in [1.54, 1.807) is 23.6 Å².